The second kappa shape index (κ2) is 15.4. The molecule has 2 aromatic rings. The third-order valence-electron chi connectivity index (χ3n) is 9.25. The number of ketones is 1. The Kier molecular flexibility index (Phi) is 11.4. The van der Waals surface area contributed by atoms with E-state index in [-0.39, 0.29) is 41.9 Å². The number of likely N-dealkylation sites (tertiary alicyclic amines) is 2. The summed E-state index contributed by atoms with van der Waals surface area (Å²) in [5.74, 6) is 5.86. The fourth-order valence-electron chi connectivity index (χ4n) is 6.77. The smallest absolute Gasteiger partial charge is 0.410 e. The lowest BCUT2D eigenvalue weighted by atomic mass is 9.73. The molecule has 3 atom stereocenters. The van der Waals surface area contributed by atoms with Crippen LogP contribution in [0.5, 0.6) is 11.8 Å². The number of aromatic nitrogens is 2. The van der Waals surface area contributed by atoms with Crippen LogP contribution in [0.25, 0.3) is 0 Å². The molecule has 0 bridgehead atoms. The van der Waals surface area contributed by atoms with Crippen molar-refractivity contribution in [3.63, 3.8) is 0 Å². The molecule has 0 saturated carbocycles. The molecule has 0 unspecified atom stereocenters. The van der Waals surface area contributed by atoms with Crippen molar-refractivity contribution in [3.8, 4) is 29.7 Å². The minimum Gasteiger partial charge on any atom is -0.474 e. The molecular weight excluding hydrogens is 655 g/mol. The molecule has 13 heteroatoms. The zero-order valence-corrected chi connectivity index (χ0v) is 31.4. The van der Waals surface area contributed by atoms with Crippen LogP contribution in [0.1, 0.15) is 99.8 Å². The van der Waals surface area contributed by atoms with Gasteiger partial charge in [-0.25, -0.2) is 9.79 Å². The lowest BCUT2D eigenvalue weighted by Gasteiger charge is -2.33. The van der Waals surface area contributed by atoms with Crippen LogP contribution in [-0.4, -0.2) is 108 Å². The zero-order chi connectivity index (χ0) is 36.2. The number of fused-ring (bicyclic) bond motifs is 1. The van der Waals surface area contributed by atoms with Gasteiger partial charge in [-0.05, 0) is 86.2 Å². The van der Waals surface area contributed by atoms with E-state index >= 15 is 0 Å². The third-order valence-corrected chi connectivity index (χ3v) is 10.4. The summed E-state index contributed by atoms with van der Waals surface area (Å²) in [6, 6.07) is 4.20. The molecule has 1 aliphatic carbocycles. The fraction of sp³-hybridized carbons (Fsp3) is 0.622. The summed E-state index contributed by atoms with van der Waals surface area (Å²) < 4.78 is 18.2. The molecule has 50 heavy (non-hydrogen) atoms. The van der Waals surface area contributed by atoms with Crippen LogP contribution >= 0.6 is 11.3 Å². The summed E-state index contributed by atoms with van der Waals surface area (Å²) in [6.07, 6.45) is 6.63. The van der Waals surface area contributed by atoms with Crippen LogP contribution in [0.3, 0.4) is 0 Å². The number of Topliss-reactive ketones (excluding diaryl/α,β-unsaturated/α-hetero) is 1. The second-order valence-corrected chi connectivity index (χ2v) is 15.9. The van der Waals surface area contributed by atoms with E-state index in [4.69, 9.17) is 14.2 Å². The zero-order valence-electron chi connectivity index (χ0n) is 30.5. The molecule has 2 saturated heterocycles. The van der Waals surface area contributed by atoms with Gasteiger partial charge in [0.25, 0.3) is 5.78 Å². The molecule has 2 aliphatic heterocycles. The lowest BCUT2D eigenvalue weighted by molar-refractivity contribution is 0.0122. The van der Waals surface area contributed by atoms with Crippen LogP contribution in [0.2, 0.25) is 0 Å². The Morgan fingerprint density at radius 1 is 1.16 bits per heavy atom. The van der Waals surface area contributed by atoms with Crippen LogP contribution in [0.4, 0.5) is 9.80 Å². The second-order valence-electron chi connectivity index (χ2n) is 14.8. The van der Waals surface area contributed by atoms with Gasteiger partial charge in [0.2, 0.25) is 17.6 Å². The van der Waals surface area contributed by atoms with Crippen LogP contribution in [0, 0.1) is 23.2 Å². The maximum Gasteiger partial charge on any atom is 0.410 e. The van der Waals surface area contributed by atoms with E-state index in [1.165, 1.54) is 11.3 Å². The number of carbonyl (C=O) groups excluding carboxylic acids is 2. The molecule has 2 fully saturated rings. The molecule has 5 rings (SSSR count). The summed E-state index contributed by atoms with van der Waals surface area (Å²) in [5, 5.41) is 10.8. The SMILES string of the molecule is C[C@H](Oc1cc(OC2CCN(C(=O)OC(C)(C)C)CC2)nc(C(=O)C#C[C@@]2(C)CCCc3sc(N=CN(C)C)c(C#N)c32)n1)[C@@H]1CCCN1C. The summed E-state index contributed by atoms with van der Waals surface area (Å²) in [5.41, 5.74) is 0.0861. The number of piperidine rings is 1. The summed E-state index contributed by atoms with van der Waals surface area (Å²) in [7, 11) is 5.85. The molecule has 3 aliphatic rings. The van der Waals surface area contributed by atoms with Crippen molar-refractivity contribution in [2.45, 2.75) is 109 Å². The molecule has 12 nitrogen and oxygen atoms in total. The average Bonchev–Trinajstić information content (AvgIpc) is 3.65. The van der Waals surface area contributed by atoms with E-state index in [0.717, 1.165) is 42.7 Å². The predicted octanol–water partition coefficient (Wildman–Crippen LogP) is 5.75. The van der Waals surface area contributed by atoms with Gasteiger partial charge in [0.15, 0.2) is 0 Å². The molecule has 2 aromatic heterocycles. The van der Waals surface area contributed by atoms with E-state index in [2.05, 4.69) is 44.8 Å². The highest BCUT2D eigenvalue weighted by atomic mass is 32.1. The van der Waals surface area contributed by atoms with Crippen molar-refractivity contribution in [2.75, 3.05) is 40.8 Å². The first kappa shape index (κ1) is 37.1. The van der Waals surface area contributed by atoms with E-state index < -0.39 is 16.8 Å². The highest BCUT2D eigenvalue weighted by Crippen LogP contribution is 2.47. The highest BCUT2D eigenvalue weighted by molar-refractivity contribution is 7.16. The Labute approximate surface area is 299 Å². The summed E-state index contributed by atoms with van der Waals surface area (Å²) >= 11 is 1.51. The molecule has 1 amide bonds. The number of hydrogen-bond acceptors (Lipinski definition) is 11. The van der Waals surface area contributed by atoms with Gasteiger partial charge in [-0.15, -0.1) is 11.3 Å². The first-order chi connectivity index (χ1) is 23.7. The average molecular weight is 704 g/mol. The summed E-state index contributed by atoms with van der Waals surface area (Å²) in [4.78, 5) is 46.7. The lowest BCUT2D eigenvalue weighted by Crippen LogP contribution is -2.44. The number of likely N-dealkylation sites (N-methyl/N-ethyl adjacent to an activating group) is 1. The van der Waals surface area contributed by atoms with Crippen LogP contribution < -0.4 is 9.47 Å². The minimum atomic E-state index is -0.714. The Bertz CT molecular complexity index is 1710. The van der Waals surface area contributed by atoms with Crippen molar-refractivity contribution in [3.05, 3.63) is 27.9 Å². The number of hydrogen-bond donors (Lipinski definition) is 0. The van der Waals surface area contributed by atoms with Crippen molar-refractivity contribution in [1.29, 1.82) is 5.26 Å². The Hall–Kier alpha value is -4.20. The number of amides is 1. The quantitative estimate of drug-likeness (QED) is 0.110. The molecule has 0 aromatic carbocycles. The first-order valence-corrected chi connectivity index (χ1v) is 18.2. The van der Waals surface area contributed by atoms with Crippen LogP contribution in [0.15, 0.2) is 11.1 Å². The van der Waals surface area contributed by atoms with Gasteiger partial charge in [-0.2, -0.15) is 15.2 Å². The van der Waals surface area contributed by atoms with Gasteiger partial charge in [-0.1, -0.05) is 5.92 Å². The number of aliphatic imine (C=N–C) groups is 1. The number of thiophene rings is 1. The van der Waals surface area contributed by atoms with Gasteiger partial charge in [-0.3, -0.25) is 9.69 Å². The Balaban J connectivity index is 1.39. The number of carbonyl (C=O) groups is 2. The standard InChI is InChI=1S/C37H49N7O5S/c1-24(27-11-10-18-43(27)8)47-30-21-31(48-25-14-19-44(20-15-25)35(46)49-36(2,3)4)41-33(40-30)28(45)13-17-37(5)16-9-12-29-32(37)26(22-38)34(50-29)39-23-42(6)7/h21,23-25,27H,9-12,14-16,18-20H2,1-8H3/t24-,27-,37+/m0/s1. The van der Waals surface area contributed by atoms with E-state index in [9.17, 15) is 14.9 Å². The Morgan fingerprint density at radius 2 is 1.88 bits per heavy atom. The molecule has 0 radical (unpaired) electrons. The minimum absolute atomic E-state index is 0.107. The van der Waals surface area contributed by atoms with Crippen molar-refractivity contribution in [1.82, 2.24) is 24.7 Å². The van der Waals surface area contributed by atoms with Gasteiger partial charge >= 0.3 is 6.09 Å². The van der Waals surface area contributed by atoms with Gasteiger partial charge in [0.05, 0.1) is 23.4 Å². The fourth-order valence-corrected chi connectivity index (χ4v) is 8.03. The van der Waals surface area contributed by atoms with Gasteiger partial charge < -0.3 is 24.0 Å². The first-order valence-electron chi connectivity index (χ1n) is 17.4. The van der Waals surface area contributed by atoms with E-state index in [1.54, 1.807) is 17.3 Å². The predicted molar refractivity (Wildman–Crippen MR) is 193 cm³/mol. The largest absolute Gasteiger partial charge is 0.474 e. The monoisotopic (exact) mass is 703 g/mol. The van der Waals surface area contributed by atoms with Crippen molar-refractivity contribution in [2.24, 2.45) is 4.99 Å². The number of nitriles is 1. The highest BCUT2D eigenvalue weighted by Gasteiger charge is 2.37. The number of rotatable bonds is 8. The maximum atomic E-state index is 13.7. The topological polar surface area (TPSA) is 133 Å². The molecule has 0 spiro atoms. The van der Waals surface area contributed by atoms with Crippen molar-refractivity contribution < 1.29 is 23.8 Å². The number of aryl methyl sites for hydroxylation is 1. The molecule has 4 heterocycles. The van der Waals surface area contributed by atoms with Gasteiger partial charge in [0, 0.05) is 56.5 Å². The van der Waals surface area contributed by atoms with E-state index in [1.807, 2.05) is 53.6 Å². The number of ether oxygens (including phenoxy) is 3. The molecular formula is C37H49N7O5S. The maximum absolute atomic E-state index is 13.7. The third kappa shape index (κ3) is 8.93. The van der Waals surface area contributed by atoms with E-state index in [0.29, 0.717) is 42.9 Å². The Morgan fingerprint density at radius 3 is 2.52 bits per heavy atom. The molecule has 0 N–H and O–H groups in total. The van der Waals surface area contributed by atoms with Gasteiger partial charge in [0.1, 0.15) is 28.9 Å². The van der Waals surface area contributed by atoms with Crippen LogP contribution in [-0.2, 0) is 16.6 Å². The number of nitrogens with zero attached hydrogens (tertiary/aromatic N) is 7. The molecule has 268 valence electrons. The normalized spacial score (nSPS) is 21.9. The summed E-state index contributed by atoms with van der Waals surface area (Å²) in [6.45, 7) is 11.5. The van der Waals surface area contributed by atoms with Crippen molar-refractivity contribution >= 4 is 34.6 Å².